The van der Waals surface area contributed by atoms with E-state index in [2.05, 4.69) is 40.0 Å². The molecule has 0 fully saturated rings. The fourth-order valence-corrected chi connectivity index (χ4v) is 3.82. The molecule has 0 aliphatic rings. The standard InChI is InChI=1S/C26H25N3O2/c1-2-31-26(30)25-18-29(16-21-10-11-22-8-3-4-9-23(22)14-21)17-24(25)13-19-6-5-7-20(12-19)15-28-27/h3-12,14-15,17-18H,2,13,16,27H2,1H3/b28-15-. The lowest BCUT2D eigenvalue weighted by molar-refractivity contribution is 0.0525. The number of nitrogens with two attached hydrogens (primary N) is 1. The number of fused-ring (bicyclic) bond motifs is 1. The van der Waals surface area contributed by atoms with E-state index in [1.54, 1.807) is 6.21 Å². The largest absolute Gasteiger partial charge is 0.462 e. The van der Waals surface area contributed by atoms with Crippen molar-refractivity contribution in [1.29, 1.82) is 0 Å². The Balaban J connectivity index is 1.64. The molecule has 1 heterocycles. The minimum atomic E-state index is -0.297. The van der Waals surface area contributed by atoms with E-state index in [0.717, 1.165) is 16.7 Å². The van der Waals surface area contributed by atoms with Gasteiger partial charge in [0.15, 0.2) is 0 Å². The van der Waals surface area contributed by atoms with Gasteiger partial charge in [0.1, 0.15) is 0 Å². The van der Waals surface area contributed by atoms with E-state index >= 15 is 0 Å². The van der Waals surface area contributed by atoms with Gasteiger partial charge in [0.25, 0.3) is 0 Å². The smallest absolute Gasteiger partial charge is 0.339 e. The molecule has 0 bridgehead atoms. The molecule has 5 nitrogen and oxygen atoms in total. The fraction of sp³-hybridized carbons (Fsp3) is 0.154. The molecule has 3 aromatic carbocycles. The molecule has 1 aromatic heterocycles. The van der Waals surface area contributed by atoms with Crippen LogP contribution in [0.15, 0.2) is 84.2 Å². The summed E-state index contributed by atoms with van der Waals surface area (Å²) in [6.45, 7) is 2.84. The Morgan fingerprint density at radius 3 is 2.65 bits per heavy atom. The van der Waals surface area contributed by atoms with Gasteiger partial charge in [-0.2, -0.15) is 5.10 Å². The summed E-state index contributed by atoms with van der Waals surface area (Å²) in [6.07, 6.45) is 6.14. The molecule has 4 aromatic rings. The lowest BCUT2D eigenvalue weighted by atomic mass is 10.0. The first-order chi connectivity index (χ1) is 15.2. The molecule has 0 saturated carbocycles. The summed E-state index contributed by atoms with van der Waals surface area (Å²) in [5, 5.41) is 6.01. The van der Waals surface area contributed by atoms with Crippen molar-refractivity contribution in [3.05, 3.63) is 107 Å². The van der Waals surface area contributed by atoms with Gasteiger partial charge in [-0.25, -0.2) is 4.79 Å². The summed E-state index contributed by atoms with van der Waals surface area (Å²) in [5.74, 6) is 4.98. The average molecular weight is 412 g/mol. The van der Waals surface area contributed by atoms with Gasteiger partial charge in [-0.3, -0.25) is 0 Å². The number of ether oxygens (including phenoxy) is 1. The monoisotopic (exact) mass is 411 g/mol. The van der Waals surface area contributed by atoms with Crippen LogP contribution in [0.1, 0.15) is 39.5 Å². The number of hydrazone groups is 1. The van der Waals surface area contributed by atoms with Crippen LogP contribution in [0.25, 0.3) is 10.8 Å². The Kier molecular flexibility index (Phi) is 6.13. The lowest BCUT2D eigenvalue weighted by Crippen LogP contribution is -2.06. The van der Waals surface area contributed by atoms with Gasteiger partial charge in [-0.15, -0.1) is 0 Å². The molecule has 0 spiro atoms. The van der Waals surface area contributed by atoms with Crippen LogP contribution in [0, 0.1) is 0 Å². The molecule has 0 saturated heterocycles. The maximum absolute atomic E-state index is 12.6. The van der Waals surface area contributed by atoms with Crippen molar-refractivity contribution in [3.8, 4) is 0 Å². The van der Waals surface area contributed by atoms with Crippen molar-refractivity contribution >= 4 is 23.0 Å². The number of nitrogens with zero attached hydrogens (tertiary/aromatic N) is 2. The van der Waals surface area contributed by atoms with E-state index in [9.17, 15) is 4.79 Å². The molecule has 5 heteroatoms. The second-order valence-electron chi connectivity index (χ2n) is 7.47. The van der Waals surface area contributed by atoms with E-state index in [0.29, 0.717) is 25.1 Å². The normalized spacial score (nSPS) is 11.3. The van der Waals surface area contributed by atoms with Crippen LogP contribution in [-0.4, -0.2) is 23.4 Å². The van der Waals surface area contributed by atoms with Gasteiger partial charge in [0.05, 0.1) is 18.4 Å². The molecule has 156 valence electrons. The topological polar surface area (TPSA) is 69.6 Å². The third-order valence-corrected chi connectivity index (χ3v) is 5.21. The Labute approximate surface area is 181 Å². The van der Waals surface area contributed by atoms with Gasteiger partial charge in [0.2, 0.25) is 0 Å². The van der Waals surface area contributed by atoms with Gasteiger partial charge in [-0.05, 0) is 58.5 Å². The average Bonchev–Trinajstić information content (AvgIpc) is 3.16. The van der Waals surface area contributed by atoms with Crippen LogP contribution < -0.4 is 5.84 Å². The first kappa shape index (κ1) is 20.4. The molecule has 0 aliphatic carbocycles. The fourth-order valence-electron chi connectivity index (χ4n) is 3.82. The molecule has 0 radical (unpaired) electrons. The molecule has 0 unspecified atom stereocenters. The maximum Gasteiger partial charge on any atom is 0.339 e. The minimum absolute atomic E-state index is 0.297. The first-order valence-corrected chi connectivity index (χ1v) is 10.3. The van der Waals surface area contributed by atoms with E-state index < -0.39 is 0 Å². The van der Waals surface area contributed by atoms with Gasteiger partial charge < -0.3 is 15.1 Å². The lowest BCUT2D eigenvalue weighted by Gasteiger charge is -2.05. The molecule has 0 aliphatic heterocycles. The van der Waals surface area contributed by atoms with Gasteiger partial charge in [-0.1, -0.05) is 54.6 Å². The van der Waals surface area contributed by atoms with Crippen molar-refractivity contribution in [2.24, 2.45) is 10.9 Å². The number of carbonyl (C=O) groups is 1. The minimum Gasteiger partial charge on any atom is -0.462 e. The second kappa shape index (κ2) is 9.30. The van der Waals surface area contributed by atoms with E-state index in [1.807, 2.05) is 55.7 Å². The highest BCUT2D eigenvalue weighted by molar-refractivity contribution is 5.91. The maximum atomic E-state index is 12.6. The zero-order chi connectivity index (χ0) is 21.6. The van der Waals surface area contributed by atoms with Crippen molar-refractivity contribution in [2.45, 2.75) is 19.9 Å². The second-order valence-corrected chi connectivity index (χ2v) is 7.47. The third-order valence-electron chi connectivity index (χ3n) is 5.21. The Morgan fingerprint density at radius 2 is 1.84 bits per heavy atom. The van der Waals surface area contributed by atoms with Crippen LogP contribution in [0.2, 0.25) is 0 Å². The quantitative estimate of drug-likeness (QED) is 0.206. The van der Waals surface area contributed by atoms with Crippen LogP contribution in [0.4, 0.5) is 0 Å². The molecule has 0 amide bonds. The van der Waals surface area contributed by atoms with E-state index in [1.165, 1.54) is 16.3 Å². The number of carbonyl (C=O) groups excluding carboxylic acids is 1. The Bertz CT molecular complexity index is 1240. The highest BCUT2D eigenvalue weighted by Gasteiger charge is 2.16. The third kappa shape index (κ3) is 4.83. The molecule has 4 rings (SSSR count). The van der Waals surface area contributed by atoms with E-state index in [4.69, 9.17) is 10.6 Å². The molecule has 2 N–H and O–H groups in total. The van der Waals surface area contributed by atoms with Gasteiger partial charge in [0, 0.05) is 18.9 Å². The number of benzene rings is 3. The van der Waals surface area contributed by atoms with Crippen LogP contribution in [0.5, 0.6) is 0 Å². The highest BCUT2D eigenvalue weighted by atomic mass is 16.5. The summed E-state index contributed by atoms with van der Waals surface area (Å²) in [7, 11) is 0. The Morgan fingerprint density at radius 1 is 1.00 bits per heavy atom. The van der Waals surface area contributed by atoms with Crippen molar-refractivity contribution in [1.82, 2.24) is 4.57 Å². The Hall–Kier alpha value is -3.86. The van der Waals surface area contributed by atoms with Crippen molar-refractivity contribution in [3.63, 3.8) is 0 Å². The number of esters is 1. The van der Waals surface area contributed by atoms with Crippen LogP contribution in [-0.2, 0) is 17.7 Å². The first-order valence-electron chi connectivity index (χ1n) is 10.3. The summed E-state index contributed by atoms with van der Waals surface area (Å²) in [5.41, 5.74) is 4.71. The predicted octanol–water partition coefficient (Wildman–Crippen LogP) is 4.75. The zero-order valence-corrected chi connectivity index (χ0v) is 17.5. The van der Waals surface area contributed by atoms with Gasteiger partial charge >= 0.3 is 5.97 Å². The molecule has 0 atom stereocenters. The van der Waals surface area contributed by atoms with Crippen LogP contribution in [0.3, 0.4) is 0 Å². The van der Waals surface area contributed by atoms with Crippen LogP contribution >= 0.6 is 0 Å². The number of aromatic nitrogens is 1. The summed E-state index contributed by atoms with van der Waals surface area (Å²) in [4.78, 5) is 12.6. The molecular formula is C26H25N3O2. The predicted molar refractivity (Wildman–Crippen MR) is 124 cm³/mol. The number of rotatable bonds is 7. The number of hydrogen-bond acceptors (Lipinski definition) is 4. The molecular weight excluding hydrogens is 386 g/mol. The zero-order valence-electron chi connectivity index (χ0n) is 17.5. The summed E-state index contributed by atoms with van der Waals surface area (Å²) < 4.78 is 7.35. The summed E-state index contributed by atoms with van der Waals surface area (Å²) in [6, 6.07) is 22.7. The van der Waals surface area contributed by atoms with E-state index in [-0.39, 0.29) is 5.97 Å². The highest BCUT2D eigenvalue weighted by Crippen LogP contribution is 2.21. The van der Waals surface area contributed by atoms with Crippen molar-refractivity contribution in [2.75, 3.05) is 6.61 Å². The summed E-state index contributed by atoms with van der Waals surface area (Å²) >= 11 is 0. The SMILES string of the molecule is CCOC(=O)c1cn(Cc2ccc3ccccc3c2)cc1Cc1cccc(/C=N\N)c1. The number of hydrogen-bond donors (Lipinski definition) is 1. The van der Waals surface area contributed by atoms with Crippen molar-refractivity contribution < 1.29 is 9.53 Å². The molecule has 31 heavy (non-hydrogen) atoms.